The smallest absolute Gasteiger partial charge is 0.306 e. The molecule has 2 atom stereocenters. The number of carbonyl (C=O) groups is 2. The molecule has 0 saturated heterocycles. The molecule has 1 aromatic rings. The van der Waals surface area contributed by atoms with Crippen LogP contribution in [-0.4, -0.2) is 17.0 Å². The summed E-state index contributed by atoms with van der Waals surface area (Å²) < 4.78 is 0. The number of hydrogen-bond acceptors (Lipinski definition) is 2. The zero-order valence-corrected chi connectivity index (χ0v) is 14.1. The standard InChI is InChI=1S/C17H24ClNO3/c1-11(2)8-9-13(17(21)22)12(3)10-16(20)19-15-7-5-4-6-14(15)18/h4-7,11-13H,8-10H2,1-3H3,(H,19,20)(H,21,22)/t12-,13+/m1/s1. The summed E-state index contributed by atoms with van der Waals surface area (Å²) in [5.41, 5.74) is 0.551. The molecule has 122 valence electrons. The molecule has 0 bridgehead atoms. The maximum Gasteiger partial charge on any atom is 0.306 e. The van der Waals surface area contributed by atoms with Crippen molar-refractivity contribution in [3.63, 3.8) is 0 Å². The molecule has 0 aliphatic rings. The number of nitrogens with one attached hydrogen (secondary N) is 1. The van der Waals surface area contributed by atoms with E-state index in [-0.39, 0.29) is 18.2 Å². The van der Waals surface area contributed by atoms with Crippen LogP contribution in [0.5, 0.6) is 0 Å². The van der Waals surface area contributed by atoms with Gasteiger partial charge in [-0.1, -0.05) is 50.9 Å². The molecule has 22 heavy (non-hydrogen) atoms. The first-order valence-electron chi connectivity index (χ1n) is 7.58. The van der Waals surface area contributed by atoms with Crippen molar-refractivity contribution in [1.29, 1.82) is 0 Å². The van der Waals surface area contributed by atoms with Crippen LogP contribution in [-0.2, 0) is 9.59 Å². The van der Waals surface area contributed by atoms with Gasteiger partial charge in [-0.05, 0) is 30.4 Å². The zero-order valence-electron chi connectivity index (χ0n) is 13.3. The van der Waals surface area contributed by atoms with Gasteiger partial charge >= 0.3 is 5.97 Å². The molecule has 0 spiro atoms. The van der Waals surface area contributed by atoms with E-state index in [4.69, 9.17) is 11.6 Å². The lowest BCUT2D eigenvalue weighted by atomic mass is 9.85. The Morgan fingerprint density at radius 2 is 1.82 bits per heavy atom. The van der Waals surface area contributed by atoms with E-state index in [2.05, 4.69) is 19.2 Å². The second-order valence-corrected chi connectivity index (χ2v) is 6.53. The molecule has 2 N–H and O–H groups in total. The van der Waals surface area contributed by atoms with Crippen molar-refractivity contribution in [3.8, 4) is 0 Å². The number of anilines is 1. The minimum absolute atomic E-state index is 0.167. The SMILES string of the molecule is CC(C)CC[C@H](C(=O)O)[C@H](C)CC(=O)Nc1ccccc1Cl. The third-order valence-corrected chi connectivity index (χ3v) is 4.04. The van der Waals surface area contributed by atoms with Crippen LogP contribution >= 0.6 is 11.6 Å². The van der Waals surface area contributed by atoms with Gasteiger partial charge < -0.3 is 10.4 Å². The molecule has 0 aromatic heterocycles. The number of carbonyl (C=O) groups excluding carboxylic acids is 1. The van der Waals surface area contributed by atoms with Crippen LogP contribution in [0.1, 0.15) is 40.0 Å². The lowest BCUT2D eigenvalue weighted by Crippen LogP contribution is -2.26. The highest BCUT2D eigenvalue weighted by Crippen LogP contribution is 2.25. The number of para-hydroxylation sites is 1. The summed E-state index contributed by atoms with van der Waals surface area (Å²) in [4.78, 5) is 23.5. The molecule has 4 nitrogen and oxygen atoms in total. The van der Waals surface area contributed by atoms with Crippen molar-refractivity contribution < 1.29 is 14.7 Å². The van der Waals surface area contributed by atoms with E-state index >= 15 is 0 Å². The summed E-state index contributed by atoms with van der Waals surface area (Å²) in [6, 6.07) is 6.99. The Morgan fingerprint density at radius 1 is 1.18 bits per heavy atom. The third kappa shape index (κ3) is 6.06. The lowest BCUT2D eigenvalue weighted by molar-refractivity contribution is -0.144. The van der Waals surface area contributed by atoms with Crippen molar-refractivity contribution >= 4 is 29.2 Å². The fourth-order valence-corrected chi connectivity index (χ4v) is 2.55. The molecular weight excluding hydrogens is 302 g/mol. The first kappa shape index (κ1) is 18.5. The van der Waals surface area contributed by atoms with E-state index in [9.17, 15) is 14.7 Å². The normalized spacial score (nSPS) is 13.7. The summed E-state index contributed by atoms with van der Waals surface area (Å²) in [6.07, 6.45) is 1.60. The van der Waals surface area contributed by atoms with E-state index in [0.29, 0.717) is 23.0 Å². The molecule has 0 aliphatic carbocycles. The molecular formula is C17H24ClNO3. The number of rotatable bonds is 8. The molecule has 5 heteroatoms. The van der Waals surface area contributed by atoms with Gasteiger partial charge in [0, 0.05) is 6.42 Å². The van der Waals surface area contributed by atoms with Crippen LogP contribution in [0.4, 0.5) is 5.69 Å². The van der Waals surface area contributed by atoms with Gasteiger partial charge in [-0.15, -0.1) is 0 Å². The van der Waals surface area contributed by atoms with Crippen molar-refractivity contribution in [2.24, 2.45) is 17.8 Å². The van der Waals surface area contributed by atoms with Gasteiger partial charge in [0.1, 0.15) is 0 Å². The number of hydrogen-bond donors (Lipinski definition) is 2. The highest BCUT2D eigenvalue weighted by atomic mass is 35.5. The topological polar surface area (TPSA) is 66.4 Å². The molecule has 1 aromatic carbocycles. The number of carboxylic acids is 1. The average molecular weight is 326 g/mol. The van der Waals surface area contributed by atoms with Crippen molar-refractivity contribution in [2.45, 2.75) is 40.0 Å². The van der Waals surface area contributed by atoms with Gasteiger partial charge in [0.05, 0.1) is 16.6 Å². The summed E-state index contributed by atoms with van der Waals surface area (Å²) >= 11 is 5.99. The van der Waals surface area contributed by atoms with Gasteiger partial charge in [0.25, 0.3) is 0 Å². The third-order valence-electron chi connectivity index (χ3n) is 3.71. The number of amides is 1. The van der Waals surface area contributed by atoms with Crippen LogP contribution in [0.15, 0.2) is 24.3 Å². The average Bonchev–Trinajstić information content (AvgIpc) is 2.40. The molecule has 1 amide bonds. The van der Waals surface area contributed by atoms with Crippen LogP contribution in [0.2, 0.25) is 5.02 Å². The summed E-state index contributed by atoms with van der Waals surface area (Å²) in [7, 11) is 0. The minimum Gasteiger partial charge on any atom is -0.481 e. The summed E-state index contributed by atoms with van der Waals surface area (Å²) in [5.74, 6) is -1.32. The van der Waals surface area contributed by atoms with E-state index in [1.807, 2.05) is 6.92 Å². The summed E-state index contributed by atoms with van der Waals surface area (Å²) in [6.45, 7) is 5.94. The van der Waals surface area contributed by atoms with Gasteiger partial charge in [0.2, 0.25) is 5.91 Å². The Morgan fingerprint density at radius 3 is 2.36 bits per heavy atom. The fourth-order valence-electron chi connectivity index (χ4n) is 2.36. The molecule has 0 radical (unpaired) electrons. The fraction of sp³-hybridized carbons (Fsp3) is 0.529. The number of carboxylic acid groups (broad SMARTS) is 1. The predicted molar refractivity (Wildman–Crippen MR) is 89.1 cm³/mol. The Bertz CT molecular complexity index is 516. The van der Waals surface area contributed by atoms with Gasteiger partial charge in [0.15, 0.2) is 0 Å². The van der Waals surface area contributed by atoms with Gasteiger partial charge in [-0.2, -0.15) is 0 Å². The van der Waals surface area contributed by atoms with Crippen molar-refractivity contribution in [2.75, 3.05) is 5.32 Å². The van der Waals surface area contributed by atoms with Crippen LogP contribution in [0, 0.1) is 17.8 Å². The maximum absolute atomic E-state index is 12.1. The number of benzene rings is 1. The molecule has 0 fully saturated rings. The first-order chi connectivity index (χ1) is 10.3. The highest BCUT2D eigenvalue weighted by molar-refractivity contribution is 6.33. The van der Waals surface area contributed by atoms with Crippen LogP contribution in [0.25, 0.3) is 0 Å². The number of halogens is 1. The zero-order chi connectivity index (χ0) is 16.7. The van der Waals surface area contributed by atoms with Gasteiger partial charge in [-0.25, -0.2) is 0 Å². The Labute approximate surface area is 136 Å². The second kappa shape index (κ2) is 8.79. The van der Waals surface area contributed by atoms with Gasteiger partial charge in [-0.3, -0.25) is 9.59 Å². The van der Waals surface area contributed by atoms with Crippen LogP contribution in [0.3, 0.4) is 0 Å². The Kier molecular flexibility index (Phi) is 7.39. The van der Waals surface area contributed by atoms with E-state index in [1.54, 1.807) is 24.3 Å². The number of aliphatic carboxylic acids is 1. The van der Waals surface area contributed by atoms with E-state index in [1.165, 1.54) is 0 Å². The summed E-state index contributed by atoms with van der Waals surface area (Å²) in [5, 5.41) is 12.6. The quantitative estimate of drug-likeness (QED) is 0.742. The van der Waals surface area contributed by atoms with E-state index < -0.39 is 11.9 Å². The van der Waals surface area contributed by atoms with Crippen molar-refractivity contribution in [3.05, 3.63) is 29.3 Å². The monoisotopic (exact) mass is 325 g/mol. The maximum atomic E-state index is 12.1. The highest BCUT2D eigenvalue weighted by Gasteiger charge is 2.26. The van der Waals surface area contributed by atoms with E-state index in [0.717, 1.165) is 6.42 Å². The Hall–Kier alpha value is -1.55. The molecule has 0 heterocycles. The second-order valence-electron chi connectivity index (χ2n) is 6.13. The Balaban J connectivity index is 2.61. The lowest BCUT2D eigenvalue weighted by Gasteiger charge is -2.20. The first-order valence-corrected chi connectivity index (χ1v) is 7.96. The molecule has 0 saturated carbocycles. The van der Waals surface area contributed by atoms with Crippen molar-refractivity contribution in [1.82, 2.24) is 0 Å². The minimum atomic E-state index is -0.835. The largest absolute Gasteiger partial charge is 0.481 e. The molecule has 1 rings (SSSR count). The van der Waals surface area contributed by atoms with Crippen LogP contribution < -0.4 is 5.32 Å². The predicted octanol–water partition coefficient (Wildman–Crippen LogP) is 4.44. The molecule has 0 unspecified atom stereocenters. The molecule has 0 aliphatic heterocycles.